The predicted octanol–water partition coefficient (Wildman–Crippen LogP) is 3.22. The Morgan fingerprint density at radius 3 is 2.94 bits per heavy atom. The average molecular weight is 438 g/mol. The summed E-state index contributed by atoms with van der Waals surface area (Å²) in [6.45, 7) is 0.355. The van der Waals surface area contributed by atoms with E-state index in [1.807, 2.05) is 18.2 Å². The van der Waals surface area contributed by atoms with E-state index in [1.54, 1.807) is 5.38 Å². The fourth-order valence-electron chi connectivity index (χ4n) is 1.28. The van der Waals surface area contributed by atoms with Gasteiger partial charge in [0.1, 0.15) is 10.7 Å². The van der Waals surface area contributed by atoms with Crippen molar-refractivity contribution < 1.29 is 4.79 Å². The molecule has 0 fully saturated rings. The summed E-state index contributed by atoms with van der Waals surface area (Å²) >= 11 is 6.99. The third-order valence-electron chi connectivity index (χ3n) is 2.14. The van der Waals surface area contributed by atoms with Crippen molar-refractivity contribution in [1.29, 1.82) is 0 Å². The van der Waals surface area contributed by atoms with Gasteiger partial charge in [0.2, 0.25) is 0 Å². The minimum Gasteiger partial charge on any atom is -0.325 e. The lowest BCUT2D eigenvalue weighted by atomic mass is 10.3. The zero-order valence-electron chi connectivity index (χ0n) is 9.11. The van der Waals surface area contributed by atoms with Gasteiger partial charge in [0.15, 0.2) is 0 Å². The molecule has 1 aromatic carbocycles. The molecule has 2 aromatic rings. The average Bonchev–Trinajstić information content (AvgIpc) is 2.82. The molecular weight excluding hydrogens is 429 g/mol. The van der Waals surface area contributed by atoms with Crippen LogP contribution < -0.4 is 11.1 Å². The summed E-state index contributed by atoms with van der Waals surface area (Å²) in [5, 5.41) is 5.27. The minimum atomic E-state index is -0.218. The molecule has 0 unspecified atom stereocenters. The molecule has 0 aliphatic rings. The maximum Gasteiger partial charge on any atom is 0.275 e. The van der Waals surface area contributed by atoms with E-state index in [-0.39, 0.29) is 5.91 Å². The first-order chi connectivity index (χ1) is 8.60. The van der Waals surface area contributed by atoms with Crippen LogP contribution in [0, 0.1) is 3.57 Å². The Kier molecular flexibility index (Phi) is 4.71. The molecule has 0 bridgehead atoms. The molecule has 0 spiro atoms. The SMILES string of the molecule is NCc1nc(C(=O)Nc2ccc(Br)c(I)c2)cs1. The molecule has 0 aliphatic heterocycles. The van der Waals surface area contributed by atoms with Crippen molar-refractivity contribution in [3.05, 3.63) is 42.3 Å². The largest absolute Gasteiger partial charge is 0.325 e. The Bertz CT molecular complexity index is 587. The standard InChI is InChI=1S/C11H9BrIN3OS/c12-7-2-1-6(3-8(7)13)15-11(17)9-5-18-10(4-14)16-9/h1-3,5H,4,14H2,(H,15,17). The number of halogens is 2. The van der Waals surface area contributed by atoms with Crippen LogP contribution in [0.1, 0.15) is 15.5 Å². The molecule has 1 heterocycles. The van der Waals surface area contributed by atoms with E-state index in [1.165, 1.54) is 11.3 Å². The Labute approximate surface area is 130 Å². The van der Waals surface area contributed by atoms with Gasteiger partial charge in [-0.25, -0.2) is 4.98 Å². The highest BCUT2D eigenvalue weighted by molar-refractivity contribution is 14.1. The van der Waals surface area contributed by atoms with Crippen molar-refractivity contribution in [2.24, 2.45) is 5.73 Å². The molecule has 2 rings (SSSR count). The Morgan fingerprint density at radius 1 is 1.56 bits per heavy atom. The van der Waals surface area contributed by atoms with Gasteiger partial charge in [0.25, 0.3) is 5.91 Å². The quantitative estimate of drug-likeness (QED) is 0.724. The maximum absolute atomic E-state index is 11.9. The highest BCUT2D eigenvalue weighted by atomic mass is 127. The van der Waals surface area contributed by atoms with E-state index in [0.717, 1.165) is 18.7 Å². The highest BCUT2D eigenvalue weighted by Gasteiger charge is 2.10. The molecule has 3 N–H and O–H groups in total. The van der Waals surface area contributed by atoms with Crippen LogP contribution in [0.15, 0.2) is 28.1 Å². The molecule has 1 aromatic heterocycles. The minimum absolute atomic E-state index is 0.218. The molecule has 0 atom stereocenters. The highest BCUT2D eigenvalue weighted by Crippen LogP contribution is 2.23. The van der Waals surface area contributed by atoms with Crippen LogP contribution in [0.5, 0.6) is 0 Å². The topological polar surface area (TPSA) is 68.0 Å². The number of amides is 1. The molecule has 4 nitrogen and oxygen atoms in total. The number of benzene rings is 1. The third-order valence-corrected chi connectivity index (χ3v) is 5.33. The fourth-order valence-corrected chi connectivity index (χ4v) is 2.69. The van der Waals surface area contributed by atoms with Gasteiger partial charge in [-0.05, 0) is 56.7 Å². The van der Waals surface area contributed by atoms with Crippen LogP contribution in [-0.4, -0.2) is 10.9 Å². The number of rotatable bonds is 3. The lowest BCUT2D eigenvalue weighted by Crippen LogP contribution is -2.12. The molecule has 1 amide bonds. The summed E-state index contributed by atoms with van der Waals surface area (Å²) < 4.78 is 2.03. The Morgan fingerprint density at radius 2 is 2.33 bits per heavy atom. The van der Waals surface area contributed by atoms with Crippen LogP contribution >= 0.6 is 49.9 Å². The van der Waals surface area contributed by atoms with E-state index in [0.29, 0.717) is 12.2 Å². The molecule has 0 saturated carbocycles. The molecule has 0 radical (unpaired) electrons. The summed E-state index contributed by atoms with van der Waals surface area (Å²) in [5.41, 5.74) is 6.61. The number of nitrogens with two attached hydrogens (primary N) is 1. The van der Waals surface area contributed by atoms with Crippen LogP contribution in [0.2, 0.25) is 0 Å². The second kappa shape index (κ2) is 6.09. The first-order valence-electron chi connectivity index (χ1n) is 5.01. The van der Waals surface area contributed by atoms with E-state index >= 15 is 0 Å². The van der Waals surface area contributed by atoms with Crippen molar-refractivity contribution in [1.82, 2.24) is 4.98 Å². The van der Waals surface area contributed by atoms with Crippen LogP contribution in [-0.2, 0) is 6.54 Å². The molecule has 0 aliphatic carbocycles. The van der Waals surface area contributed by atoms with Crippen molar-refractivity contribution in [3.8, 4) is 0 Å². The molecular formula is C11H9BrIN3OS. The summed E-state index contributed by atoms with van der Waals surface area (Å²) in [6, 6.07) is 5.61. The van der Waals surface area contributed by atoms with Gasteiger partial charge in [0, 0.05) is 25.7 Å². The number of thiazole rings is 1. The number of nitrogens with zero attached hydrogens (tertiary/aromatic N) is 1. The molecule has 7 heteroatoms. The summed E-state index contributed by atoms with van der Waals surface area (Å²) in [4.78, 5) is 16.1. The van der Waals surface area contributed by atoms with Gasteiger partial charge in [-0.2, -0.15) is 0 Å². The predicted molar refractivity (Wildman–Crippen MR) is 84.8 cm³/mol. The smallest absolute Gasteiger partial charge is 0.275 e. The van der Waals surface area contributed by atoms with Crippen molar-refractivity contribution in [3.63, 3.8) is 0 Å². The number of carbonyl (C=O) groups is 1. The second-order valence-corrected chi connectivity index (χ2v) is 6.37. The van der Waals surface area contributed by atoms with E-state index < -0.39 is 0 Å². The van der Waals surface area contributed by atoms with Crippen molar-refractivity contribution >= 4 is 61.5 Å². The number of hydrogen-bond donors (Lipinski definition) is 2. The fraction of sp³-hybridized carbons (Fsp3) is 0.0909. The summed E-state index contributed by atoms with van der Waals surface area (Å²) in [7, 11) is 0. The van der Waals surface area contributed by atoms with Crippen LogP contribution in [0.4, 0.5) is 5.69 Å². The van der Waals surface area contributed by atoms with Gasteiger partial charge in [0.05, 0.1) is 0 Å². The first-order valence-corrected chi connectivity index (χ1v) is 7.76. The van der Waals surface area contributed by atoms with Crippen LogP contribution in [0.25, 0.3) is 0 Å². The van der Waals surface area contributed by atoms with Crippen molar-refractivity contribution in [2.45, 2.75) is 6.54 Å². The number of hydrogen-bond acceptors (Lipinski definition) is 4. The second-order valence-electron chi connectivity index (χ2n) is 3.41. The van der Waals surface area contributed by atoms with Gasteiger partial charge < -0.3 is 11.1 Å². The van der Waals surface area contributed by atoms with E-state index in [2.05, 4.69) is 48.8 Å². The number of aromatic nitrogens is 1. The van der Waals surface area contributed by atoms with Gasteiger partial charge in [-0.1, -0.05) is 0 Å². The third kappa shape index (κ3) is 3.28. The van der Waals surface area contributed by atoms with Gasteiger partial charge in [-0.3, -0.25) is 4.79 Å². The molecule has 0 saturated heterocycles. The Balaban J connectivity index is 2.13. The zero-order chi connectivity index (χ0) is 13.1. The Hall–Kier alpha value is -0.510. The van der Waals surface area contributed by atoms with Crippen LogP contribution in [0.3, 0.4) is 0 Å². The molecule has 94 valence electrons. The first kappa shape index (κ1) is 13.9. The van der Waals surface area contributed by atoms with E-state index in [9.17, 15) is 4.79 Å². The monoisotopic (exact) mass is 437 g/mol. The summed E-state index contributed by atoms with van der Waals surface area (Å²) in [6.07, 6.45) is 0. The number of carbonyl (C=O) groups excluding carboxylic acids is 1. The molecule has 18 heavy (non-hydrogen) atoms. The van der Waals surface area contributed by atoms with Gasteiger partial charge >= 0.3 is 0 Å². The van der Waals surface area contributed by atoms with E-state index in [4.69, 9.17) is 5.73 Å². The lowest BCUT2D eigenvalue weighted by Gasteiger charge is -2.04. The van der Waals surface area contributed by atoms with Gasteiger partial charge in [-0.15, -0.1) is 11.3 Å². The van der Waals surface area contributed by atoms with Crippen molar-refractivity contribution in [2.75, 3.05) is 5.32 Å². The zero-order valence-corrected chi connectivity index (χ0v) is 13.7. The normalized spacial score (nSPS) is 10.4. The number of anilines is 1. The summed E-state index contributed by atoms with van der Waals surface area (Å²) in [5.74, 6) is -0.218. The lowest BCUT2D eigenvalue weighted by molar-refractivity contribution is 0.102. The maximum atomic E-state index is 11.9. The number of nitrogens with one attached hydrogen (secondary N) is 1.